The topological polar surface area (TPSA) is 118 Å². The van der Waals surface area contributed by atoms with Gasteiger partial charge in [0.25, 0.3) is 11.8 Å². The number of nitrogens with zero attached hydrogens (tertiary/aromatic N) is 1. The summed E-state index contributed by atoms with van der Waals surface area (Å²) in [5, 5.41) is 8.98. The summed E-state index contributed by atoms with van der Waals surface area (Å²) in [6, 6.07) is 17.2. The molecule has 2 aliphatic heterocycles. The molecule has 2 atom stereocenters. The van der Waals surface area contributed by atoms with Gasteiger partial charge in [-0.3, -0.25) is 9.59 Å². The molecule has 10 nitrogen and oxygen atoms in total. The summed E-state index contributed by atoms with van der Waals surface area (Å²) in [4.78, 5) is 37.9. The molecule has 3 amide bonds. The molecule has 10 heteroatoms. The van der Waals surface area contributed by atoms with Crippen LogP contribution in [0.5, 0.6) is 0 Å². The summed E-state index contributed by atoms with van der Waals surface area (Å²) >= 11 is 0. The van der Waals surface area contributed by atoms with E-state index in [9.17, 15) is 14.4 Å². The summed E-state index contributed by atoms with van der Waals surface area (Å²) < 4.78 is 16.6. The molecular formula is C31H38N4O6. The average molecular weight is 563 g/mol. The number of fused-ring (bicyclic) bond motifs is 3. The van der Waals surface area contributed by atoms with E-state index in [1.807, 2.05) is 24.3 Å². The highest BCUT2D eigenvalue weighted by Gasteiger charge is 2.35. The average Bonchev–Trinajstić information content (AvgIpc) is 3.97. The van der Waals surface area contributed by atoms with Crippen LogP contribution < -0.4 is 16.0 Å². The second kappa shape index (κ2) is 12.6. The fourth-order valence-corrected chi connectivity index (χ4v) is 5.44. The molecule has 4 fully saturated rings. The molecule has 218 valence electrons. The summed E-state index contributed by atoms with van der Waals surface area (Å²) in [7, 11) is 0. The van der Waals surface area contributed by atoms with Crippen LogP contribution in [-0.4, -0.2) is 93.1 Å². The van der Waals surface area contributed by atoms with Crippen LogP contribution in [-0.2, 0) is 23.8 Å². The maximum Gasteiger partial charge on any atom is 0.409 e. The third-order valence-electron chi connectivity index (χ3n) is 8.02. The van der Waals surface area contributed by atoms with Gasteiger partial charge in [0, 0.05) is 37.6 Å². The molecule has 0 bridgehead atoms. The summed E-state index contributed by atoms with van der Waals surface area (Å²) in [6.07, 6.45) is 3.03. The van der Waals surface area contributed by atoms with Crippen LogP contribution in [0.2, 0.25) is 0 Å². The highest BCUT2D eigenvalue weighted by molar-refractivity contribution is 5.83. The molecule has 2 aromatic carbocycles. The quantitative estimate of drug-likeness (QED) is 0.494. The van der Waals surface area contributed by atoms with Crippen LogP contribution in [0.4, 0.5) is 4.79 Å². The van der Waals surface area contributed by atoms with Gasteiger partial charge in [0.15, 0.2) is 6.10 Å². The maximum absolute atomic E-state index is 12.7. The Bertz CT molecular complexity index is 1210. The Morgan fingerprint density at radius 3 is 2.00 bits per heavy atom. The molecule has 2 heterocycles. The fourth-order valence-electron chi connectivity index (χ4n) is 5.44. The molecule has 5 aliphatic rings. The molecule has 0 aromatic heterocycles. The Hall–Kier alpha value is -3.47. The van der Waals surface area contributed by atoms with Gasteiger partial charge in [0.1, 0.15) is 12.7 Å². The van der Waals surface area contributed by atoms with Gasteiger partial charge in [0.2, 0.25) is 0 Å². The van der Waals surface area contributed by atoms with Gasteiger partial charge >= 0.3 is 6.09 Å². The minimum Gasteiger partial charge on any atom is -0.448 e. The van der Waals surface area contributed by atoms with E-state index in [2.05, 4.69) is 40.2 Å². The van der Waals surface area contributed by atoms with Gasteiger partial charge in [0.05, 0.1) is 19.8 Å². The van der Waals surface area contributed by atoms with Crippen LogP contribution in [0.15, 0.2) is 48.5 Å². The fraction of sp³-hybridized carbons (Fsp3) is 0.516. The number of ether oxygens (including phenoxy) is 3. The lowest BCUT2D eigenvalue weighted by Crippen LogP contribution is -2.52. The number of rotatable bonds is 6. The highest BCUT2D eigenvalue weighted by Crippen LogP contribution is 2.44. The number of amides is 3. The zero-order chi connectivity index (χ0) is 28.2. The highest BCUT2D eigenvalue weighted by atomic mass is 16.6. The first kappa shape index (κ1) is 27.7. The smallest absolute Gasteiger partial charge is 0.409 e. The first-order valence-corrected chi connectivity index (χ1v) is 14.7. The van der Waals surface area contributed by atoms with Crippen molar-refractivity contribution in [3.05, 3.63) is 59.7 Å². The van der Waals surface area contributed by atoms with E-state index in [0.29, 0.717) is 32.3 Å². The lowest BCUT2D eigenvalue weighted by Gasteiger charge is -2.31. The van der Waals surface area contributed by atoms with E-state index >= 15 is 0 Å². The van der Waals surface area contributed by atoms with E-state index < -0.39 is 6.10 Å². The number of morpholine rings is 2. The van der Waals surface area contributed by atoms with Gasteiger partial charge in [-0.2, -0.15) is 0 Å². The minimum absolute atomic E-state index is 0.0290. The molecular weight excluding hydrogens is 524 g/mol. The Balaban J connectivity index is 0.000000210. The number of hydrogen-bond acceptors (Lipinski definition) is 7. The van der Waals surface area contributed by atoms with Crippen molar-refractivity contribution in [2.75, 3.05) is 46.0 Å². The number of hydrogen-bond donors (Lipinski definition) is 3. The Morgan fingerprint density at radius 1 is 0.829 bits per heavy atom. The summed E-state index contributed by atoms with van der Waals surface area (Å²) in [6.45, 7) is 3.43. The number of nitrogens with one attached hydrogen (secondary N) is 3. The van der Waals surface area contributed by atoms with Gasteiger partial charge in [-0.1, -0.05) is 48.5 Å². The van der Waals surface area contributed by atoms with Crippen molar-refractivity contribution in [3.63, 3.8) is 0 Å². The van der Waals surface area contributed by atoms with Crippen LogP contribution in [0, 0.1) is 0 Å². The van der Waals surface area contributed by atoms with E-state index in [-0.39, 0.29) is 49.1 Å². The van der Waals surface area contributed by atoms with E-state index in [1.165, 1.54) is 22.3 Å². The van der Waals surface area contributed by atoms with Gasteiger partial charge in [-0.05, 0) is 47.9 Å². The summed E-state index contributed by atoms with van der Waals surface area (Å²) in [5.74, 6) is -0.0605. The van der Waals surface area contributed by atoms with Crippen LogP contribution >= 0.6 is 0 Å². The van der Waals surface area contributed by atoms with Crippen molar-refractivity contribution < 1.29 is 28.6 Å². The Morgan fingerprint density at radius 2 is 1.41 bits per heavy atom. The zero-order valence-electron chi connectivity index (χ0n) is 23.2. The number of benzene rings is 2. The largest absolute Gasteiger partial charge is 0.448 e. The molecule has 2 saturated carbocycles. The van der Waals surface area contributed by atoms with E-state index in [0.717, 1.165) is 32.2 Å². The molecule has 3 aliphatic carbocycles. The van der Waals surface area contributed by atoms with Crippen molar-refractivity contribution in [2.24, 2.45) is 0 Å². The van der Waals surface area contributed by atoms with Crippen molar-refractivity contribution in [1.82, 2.24) is 20.9 Å². The molecule has 2 unspecified atom stereocenters. The van der Waals surface area contributed by atoms with Crippen LogP contribution in [0.25, 0.3) is 11.1 Å². The van der Waals surface area contributed by atoms with Crippen LogP contribution in [0.3, 0.4) is 0 Å². The van der Waals surface area contributed by atoms with Crippen molar-refractivity contribution in [1.29, 1.82) is 0 Å². The number of carbonyl (C=O) groups is 3. The maximum atomic E-state index is 12.7. The van der Waals surface area contributed by atoms with Crippen molar-refractivity contribution in [3.8, 4) is 11.1 Å². The lowest BCUT2D eigenvalue weighted by atomic mass is 9.98. The van der Waals surface area contributed by atoms with Gasteiger partial charge in [-0.15, -0.1) is 0 Å². The SMILES string of the molecule is O=C(NC1CC1)C1CN(C(=O)OCC2c3ccccc3-c3ccccc32)CCO1.O=C(NC1CC1)C1CNCCO1. The predicted molar refractivity (Wildman–Crippen MR) is 151 cm³/mol. The first-order valence-electron chi connectivity index (χ1n) is 14.7. The molecule has 2 saturated heterocycles. The second-order valence-corrected chi connectivity index (χ2v) is 11.2. The summed E-state index contributed by atoms with van der Waals surface area (Å²) in [5.41, 5.74) is 4.77. The first-order chi connectivity index (χ1) is 20.1. The molecule has 2 aromatic rings. The van der Waals surface area contributed by atoms with Crippen molar-refractivity contribution in [2.45, 2.75) is 55.9 Å². The third kappa shape index (κ3) is 6.89. The predicted octanol–water partition coefficient (Wildman–Crippen LogP) is 2.17. The third-order valence-corrected chi connectivity index (χ3v) is 8.02. The lowest BCUT2D eigenvalue weighted by molar-refractivity contribution is -0.137. The molecule has 0 radical (unpaired) electrons. The minimum atomic E-state index is -0.621. The molecule has 0 spiro atoms. The standard InChI is InChI=1S/C23H24N2O4.C8H14N2O2/c26-22(24-15-9-10-15)21-13-25(11-12-28-21)23(27)29-14-20-18-7-3-1-5-16(18)17-6-2-4-8-19(17)20;11-8(10-6-1-2-6)7-5-9-3-4-12-7/h1-8,15,20-21H,9-14H2,(H,24,26);6-7,9H,1-5H2,(H,10,11). The van der Waals surface area contributed by atoms with Crippen LogP contribution in [0.1, 0.15) is 42.7 Å². The normalized spacial score (nSPS) is 23.4. The molecule has 41 heavy (non-hydrogen) atoms. The second-order valence-electron chi connectivity index (χ2n) is 11.2. The zero-order valence-corrected chi connectivity index (χ0v) is 23.2. The Kier molecular flexibility index (Phi) is 8.50. The molecule has 7 rings (SSSR count). The Labute approximate surface area is 240 Å². The van der Waals surface area contributed by atoms with Crippen molar-refractivity contribution >= 4 is 17.9 Å². The monoisotopic (exact) mass is 562 g/mol. The van der Waals surface area contributed by atoms with E-state index in [1.54, 1.807) is 4.90 Å². The number of carbonyl (C=O) groups excluding carboxylic acids is 3. The van der Waals surface area contributed by atoms with Gasteiger partial charge in [-0.25, -0.2) is 4.79 Å². The molecule has 3 N–H and O–H groups in total. The van der Waals surface area contributed by atoms with Gasteiger partial charge < -0.3 is 35.1 Å². The van der Waals surface area contributed by atoms with E-state index in [4.69, 9.17) is 14.2 Å².